The molecule has 8 heteroatoms. The third-order valence-electron chi connectivity index (χ3n) is 6.13. The molecule has 0 aromatic heterocycles. The number of piperazine rings is 1. The topological polar surface area (TPSA) is 87.0 Å². The van der Waals surface area contributed by atoms with Gasteiger partial charge in [0.2, 0.25) is 11.8 Å². The maximum Gasteiger partial charge on any atom is 0.269 e. The van der Waals surface area contributed by atoms with Crippen LogP contribution in [-0.4, -0.2) is 54.4 Å². The summed E-state index contributed by atoms with van der Waals surface area (Å²) in [4.78, 5) is 41.8. The Bertz CT molecular complexity index is 1010. The molecule has 31 heavy (non-hydrogen) atoms. The van der Waals surface area contributed by atoms with Gasteiger partial charge in [-0.15, -0.1) is 0 Å². The number of benzene rings is 2. The van der Waals surface area contributed by atoms with Gasteiger partial charge in [-0.3, -0.25) is 19.7 Å². The summed E-state index contributed by atoms with van der Waals surface area (Å²) in [6.45, 7) is 6.89. The van der Waals surface area contributed by atoms with Gasteiger partial charge in [-0.1, -0.05) is 17.7 Å². The van der Waals surface area contributed by atoms with Crippen molar-refractivity contribution in [3.8, 4) is 0 Å². The first-order valence-electron chi connectivity index (χ1n) is 10.5. The number of carbonyl (C=O) groups excluding carboxylic acids is 2. The quantitative estimate of drug-likeness (QED) is 0.559. The van der Waals surface area contributed by atoms with E-state index in [9.17, 15) is 19.7 Å². The maximum atomic E-state index is 13.1. The number of rotatable bonds is 4. The molecule has 1 atom stereocenters. The normalized spacial score (nSPS) is 19.1. The molecule has 2 amide bonds. The van der Waals surface area contributed by atoms with Gasteiger partial charge in [-0.25, -0.2) is 0 Å². The Balaban J connectivity index is 1.36. The van der Waals surface area contributed by atoms with Crippen LogP contribution in [0.2, 0.25) is 0 Å². The van der Waals surface area contributed by atoms with E-state index in [4.69, 9.17) is 0 Å². The molecule has 0 spiro atoms. The third kappa shape index (κ3) is 4.23. The van der Waals surface area contributed by atoms with Crippen LogP contribution in [0.1, 0.15) is 17.5 Å². The lowest BCUT2D eigenvalue weighted by atomic mass is 10.1. The lowest BCUT2D eigenvalue weighted by Gasteiger charge is -2.37. The summed E-state index contributed by atoms with van der Waals surface area (Å²) in [5, 5.41) is 10.8. The fourth-order valence-electron chi connectivity index (χ4n) is 4.44. The van der Waals surface area contributed by atoms with Crippen molar-refractivity contribution in [2.24, 2.45) is 5.92 Å². The molecule has 2 aromatic carbocycles. The first kappa shape index (κ1) is 20.8. The Morgan fingerprint density at radius 2 is 1.71 bits per heavy atom. The number of nitrogens with zero attached hydrogens (tertiary/aromatic N) is 4. The summed E-state index contributed by atoms with van der Waals surface area (Å²) >= 11 is 0. The van der Waals surface area contributed by atoms with Crippen LogP contribution in [0.4, 0.5) is 17.1 Å². The molecule has 0 radical (unpaired) electrons. The Morgan fingerprint density at radius 1 is 1.03 bits per heavy atom. The van der Waals surface area contributed by atoms with E-state index in [1.165, 1.54) is 12.1 Å². The molecule has 162 valence electrons. The molecule has 4 rings (SSSR count). The van der Waals surface area contributed by atoms with Crippen molar-refractivity contribution in [3.63, 3.8) is 0 Å². The zero-order valence-electron chi connectivity index (χ0n) is 17.8. The second kappa shape index (κ2) is 8.37. The summed E-state index contributed by atoms with van der Waals surface area (Å²) < 4.78 is 0. The molecule has 0 N–H and O–H groups in total. The van der Waals surface area contributed by atoms with Crippen LogP contribution in [0.25, 0.3) is 0 Å². The van der Waals surface area contributed by atoms with E-state index in [-0.39, 0.29) is 29.8 Å². The van der Waals surface area contributed by atoms with Crippen molar-refractivity contribution in [2.45, 2.75) is 20.3 Å². The third-order valence-corrected chi connectivity index (χ3v) is 6.13. The highest BCUT2D eigenvalue weighted by molar-refractivity contribution is 6.00. The summed E-state index contributed by atoms with van der Waals surface area (Å²) in [6, 6.07) is 12.5. The van der Waals surface area contributed by atoms with Crippen LogP contribution in [0.5, 0.6) is 0 Å². The van der Waals surface area contributed by atoms with Crippen molar-refractivity contribution in [2.75, 3.05) is 42.5 Å². The molecule has 2 aromatic rings. The van der Waals surface area contributed by atoms with E-state index < -0.39 is 4.92 Å². The molecule has 2 aliphatic rings. The minimum atomic E-state index is -0.412. The summed E-state index contributed by atoms with van der Waals surface area (Å²) in [5.74, 6) is -0.294. The number of hydrogen-bond acceptors (Lipinski definition) is 5. The van der Waals surface area contributed by atoms with Gasteiger partial charge in [-0.2, -0.15) is 0 Å². The SMILES string of the molecule is Cc1ccc(N2CC(C(=O)N3CCN(c4ccc([N+](=O)[O-])cc4)CC3)CC2=O)c(C)c1. The Morgan fingerprint density at radius 3 is 2.32 bits per heavy atom. The highest BCUT2D eigenvalue weighted by atomic mass is 16.6. The van der Waals surface area contributed by atoms with Crippen molar-refractivity contribution in [1.29, 1.82) is 0 Å². The molecule has 0 bridgehead atoms. The number of anilines is 2. The van der Waals surface area contributed by atoms with Crippen LogP contribution in [0.15, 0.2) is 42.5 Å². The lowest BCUT2D eigenvalue weighted by molar-refractivity contribution is -0.384. The number of non-ortho nitro benzene ring substituents is 1. The van der Waals surface area contributed by atoms with Gasteiger partial charge < -0.3 is 14.7 Å². The van der Waals surface area contributed by atoms with E-state index in [0.717, 1.165) is 22.5 Å². The molecule has 0 saturated carbocycles. The van der Waals surface area contributed by atoms with Crippen molar-refractivity contribution in [3.05, 3.63) is 63.7 Å². The van der Waals surface area contributed by atoms with Crippen LogP contribution >= 0.6 is 0 Å². The summed E-state index contributed by atoms with van der Waals surface area (Å²) in [6.07, 6.45) is 0.245. The molecule has 2 saturated heterocycles. The van der Waals surface area contributed by atoms with E-state index in [2.05, 4.69) is 11.0 Å². The fraction of sp³-hybridized carbons (Fsp3) is 0.391. The van der Waals surface area contributed by atoms with Crippen LogP contribution < -0.4 is 9.80 Å². The van der Waals surface area contributed by atoms with E-state index >= 15 is 0 Å². The van der Waals surface area contributed by atoms with E-state index in [1.54, 1.807) is 17.0 Å². The van der Waals surface area contributed by atoms with Gasteiger partial charge in [0.1, 0.15) is 0 Å². The number of aryl methyl sites for hydroxylation is 2. The fourth-order valence-corrected chi connectivity index (χ4v) is 4.44. The second-order valence-electron chi connectivity index (χ2n) is 8.28. The number of nitro groups is 1. The van der Waals surface area contributed by atoms with Crippen molar-refractivity contribution < 1.29 is 14.5 Å². The van der Waals surface area contributed by atoms with Crippen LogP contribution in [0, 0.1) is 29.9 Å². The first-order chi connectivity index (χ1) is 14.8. The maximum absolute atomic E-state index is 13.1. The number of amides is 2. The van der Waals surface area contributed by atoms with Gasteiger partial charge >= 0.3 is 0 Å². The standard InChI is InChI=1S/C23H26N4O4/c1-16-3-8-21(17(2)13-16)26-15-18(14-22(26)28)23(29)25-11-9-24(10-12-25)19-4-6-20(7-5-19)27(30)31/h3-8,13,18H,9-12,14-15H2,1-2H3. The molecule has 2 aliphatic heterocycles. The molecule has 2 heterocycles. The van der Waals surface area contributed by atoms with E-state index in [0.29, 0.717) is 32.7 Å². The molecule has 8 nitrogen and oxygen atoms in total. The monoisotopic (exact) mass is 422 g/mol. The minimum Gasteiger partial charge on any atom is -0.368 e. The van der Waals surface area contributed by atoms with Crippen molar-refractivity contribution >= 4 is 28.9 Å². The lowest BCUT2D eigenvalue weighted by Crippen LogP contribution is -2.50. The highest BCUT2D eigenvalue weighted by Gasteiger charge is 2.38. The first-order valence-corrected chi connectivity index (χ1v) is 10.5. The molecule has 2 fully saturated rings. The summed E-state index contributed by atoms with van der Waals surface area (Å²) in [7, 11) is 0. The average Bonchev–Trinajstić information content (AvgIpc) is 3.15. The van der Waals surface area contributed by atoms with Crippen LogP contribution in [0.3, 0.4) is 0 Å². The van der Waals surface area contributed by atoms with Gasteiger partial charge in [-0.05, 0) is 37.6 Å². The Labute approximate surface area is 181 Å². The zero-order chi connectivity index (χ0) is 22.1. The highest BCUT2D eigenvalue weighted by Crippen LogP contribution is 2.30. The Kier molecular flexibility index (Phi) is 5.63. The van der Waals surface area contributed by atoms with Crippen molar-refractivity contribution in [1.82, 2.24) is 4.90 Å². The van der Waals surface area contributed by atoms with Gasteiger partial charge in [0, 0.05) is 62.7 Å². The van der Waals surface area contributed by atoms with E-state index in [1.807, 2.05) is 30.9 Å². The second-order valence-corrected chi connectivity index (χ2v) is 8.28. The smallest absolute Gasteiger partial charge is 0.269 e. The van der Waals surface area contributed by atoms with Gasteiger partial charge in [0.05, 0.1) is 10.8 Å². The molecule has 0 aliphatic carbocycles. The van der Waals surface area contributed by atoms with Crippen LogP contribution in [-0.2, 0) is 9.59 Å². The number of carbonyl (C=O) groups is 2. The van der Waals surface area contributed by atoms with Gasteiger partial charge in [0.25, 0.3) is 5.69 Å². The number of nitro benzene ring substituents is 1. The largest absolute Gasteiger partial charge is 0.368 e. The summed E-state index contributed by atoms with van der Waals surface area (Å²) in [5.41, 5.74) is 4.05. The average molecular weight is 422 g/mol. The minimum absolute atomic E-state index is 0.00480. The molecular weight excluding hydrogens is 396 g/mol. The zero-order valence-corrected chi connectivity index (χ0v) is 17.8. The molecular formula is C23H26N4O4. The Hall–Kier alpha value is -3.42. The predicted octanol–water partition coefficient (Wildman–Crippen LogP) is 2.91. The number of hydrogen-bond donors (Lipinski definition) is 0. The predicted molar refractivity (Wildman–Crippen MR) is 118 cm³/mol. The molecule has 1 unspecified atom stereocenters. The van der Waals surface area contributed by atoms with Gasteiger partial charge in [0.15, 0.2) is 0 Å².